The molecule has 0 fully saturated rings. The number of nitrogens with two attached hydrogens (primary N) is 1. The minimum Gasteiger partial charge on any atom is -0.481 e. The molecule has 0 spiro atoms. The molecule has 6 heteroatoms. The zero-order valence-electron chi connectivity index (χ0n) is 10.8. The first-order valence-electron chi connectivity index (χ1n) is 5.92. The predicted octanol–water partition coefficient (Wildman–Crippen LogP) is 1.83. The van der Waals surface area contributed by atoms with Crippen molar-refractivity contribution >= 4 is 35.0 Å². The second-order valence-corrected chi connectivity index (χ2v) is 4.98. The van der Waals surface area contributed by atoms with Crippen molar-refractivity contribution in [3.05, 3.63) is 24.3 Å². The molecule has 0 radical (unpaired) electrons. The first kappa shape index (κ1) is 15.4. The van der Waals surface area contributed by atoms with Crippen molar-refractivity contribution in [2.45, 2.75) is 12.8 Å². The molecule has 0 saturated carbocycles. The normalized spacial score (nSPS) is 10.2. The van der Waals surface area contributed by atoms with Crippen LogP contribution in [0.25, 0.3) is 0 Å². The Labute approximate surface area is 116 Å². The van der Waals surface area contributed by atoms with Crippen LogP contribution in [0.15, 0.2) is 24.3 Å². The van der Waals surface area contributed by atoms with Crippen molar-refractivity contribution in [3.63, 3.8) is 0 Å². The van der Waals surface area contributed by atoms with E-state index in [9.17, 15) is 9.59 Å². The van der Waals surface area contributed by atoms with Gasteiger partial charge in [-0.3, -0.25) is 9.59 Å². The molecular weight excluding hydrogens is 264 g/mol. The number of rotatable bonds is 7. The number of nitrogen functional groups attached to an aromatic ring is 1. The van der Waals surface area contributed by atoms with E-state index in [1.807, 2.05) is 6.26 Å². The fourth-order valence-electron chi connectivity index (χ4n) is 1.64. The average molecular weight is 282 g/mol. The van der Waals surface area contributed by atoms with Gasteiger partial charge in [0, 0.05) is 18.7 Å². The third kappa shape index (κ3) is 4.82. The monoisotopic (exact) mass is 282 g/mol. The molecule has 1 rings (SSSR count). The highest BCUT2D eigenvalue weighted by Crippen LogP contribution is 2.23. The summed E-state index contributed by atoms with van der Waals surface area (Å²) in [6.45, 7) is 0.136. The number of amides is 1. The lowest BCUT2D eigenvalue weighted by Crippen LogP contribution is -2.33. The quantitative estimate of drug-likeness (QED) is 0.745. The maximum atomic E-state index is 12.1. The molecule has 0 bridgehead atoms. The van der Waals surface area contributed by atoms with E-state index in [1.54, 1.807) is 36.0 Å². The first-order valence-corrected chi connectivity index (χ1v) is 7.31. The summed E-state index contributed by atoms with van der Waals surface area (Å²) in [5, 5.41) is 8.76. The fraction of sp³-hybridized carbons (Fsp3) is 0.385. The zero-order chi connectivity index (χ0) is 14.3. The Morgan fingerprint density at radius 3 is 2.58 bits per heavy atom. The first-order chi connectivity index (χ1) is 9.06. The summed E-state index contributed by atoms with van der Waals surface area (Å²) in [6, 6.07) is 6.99. The highest BCUT2D eigenvalue weighted by molar-refractivity contribution is 7.98. The zero-order valence-corrected chi connectivity index (χ0v) is 11.7. The minimum absolute atomic E-state index is 0.0979. The van der Waals surface area contributed by atoms with Crippen molar-refractivity contribution < 1.29 is 14.7 Å². The molecule has 1 amide bonds. The lowest BCUT2D eigenvalue weighted by Gasteiger charge is -2.23. The Morgan fingerprint density at radius 2 is 2.00 bits per heavy atom. The van der Waals surface area contributed by atoms with E-state index >= 15 is 0 Å². The maximum absolute atomic E-state index is 12.1. The van der Waals surface area contributed by atoms with Crippen LogP contribution in [0.3, 0.4) is 0 Å². The molecular formula is C13H18N2O3S. The van der Waals surface area contributed by atoms with Gasteiger partial charge >= 0.3 is 5.97 Å². The number of carboxylic acid groups (broad SMARTS) is 1. The van der Waals surface area contributed by atoms with Gasteiger partial charge in [-0.25, -0.2) is 0 Å². The molecule has 0 aliphatic heterocycles. The van der Waals surface area contributed by atoms with Gasteiger partial charge in [0.2, 0.25) is 5.91 Å². The van der Waals surface area contributed by atoms with E-state index in [2.05, 4.69) is 0 Å². The second-order valence-electron chi connectivity index (χ2n) is 3.99. The summed E-state index contributed by atoms with van der Waals surface area (Å²) in [6.07, 6.45) is 2.19. The summed E-state index contributed by atoms with van der Waals surface area (Å²) in [7, 11) is 0. The molecule has 3 N–H and O–H groups in total. The predicted molar refractivity (Wildman–Crippen MR) is 78.5 cm³/mol. The number of hydrogen-bond donors (Lipinski definition) is 2. The number of para-hydroxylation sites is 2. The van der Waals surface area contributed by atoms with Crippen LogP contribution in [0.5, 0.6) is 0 Å². The summed E-state index contributed by atoms with van der Waals surface area (Å²) in [4.78, 5) is 24.3. The van der Waals surface area contributed by atoms with Crippen LogP contribution >= 0.6 is 11.8 Å². The standard InChI is InChI=1S/C13H18N2O3S/c1-19-9-7-12(16)15(8-6-13(17)18)11-5-3-2-4-10(11)14/h2-5H,6-9,14H2,1H3,(H,17,18). The topological polar surface area (TPSA) is 83.6 Å². The number of nitrogens with zero attached hydrogens (tertiary/aromatic N) is 1. The summed E-state index contributed by atoms with van der Waals surface area (Å²) < 4.78 is 0. The SMILES string of the molecule is CSCCC(=O)N(CCC(=O)O)c1ccccc1N. The molecule has 1 aromatic rings. The van der Waals surface area contributed by atoms with Gasteiger partial charge in [0.25, 0.3) is 0 Å². The number of thioether (sulfide) groups is 1. The number of carboxylic acids is 1. The number of anilines is 2. The van der Waals surface area contributed by atoms with E-state index in [4.69, 9.17) is 10.8 Å². The third-order valence-electron chi connectivity index (χ3n) is 2.60. The van der Waals surface area contributed by atoms with Crippen molar-refractivity contribution in [2.24, 2.45) is 0 Å². The Hall–Kier alpha value is -1.69. The molecule has 1 aromatic carbocycles. The van der Waals surface area contributed by atoms with Gasteiger partial charge in [-0.2, -0.15) is 11.8 Å². The Morgan fingerprint density at radius 1 is 1.32 bits per heavy atom. The molecule has 19 heavy (non-hydrogen) atoms. The summed E-state index contributed by atoms with van der Waals surface area (Å²) in [5.74, 6) is -0.333. The van der Waals surface area contributed by atoms with Crippen molar-refractivity contribution in [3.8, 4) is 0 Å². The van der Waals surface area contributed by atoms with Gasteiger partial charge in [-0.1, -0.05) is 12.1 Å². The molecule has 0 unspecified atom stereocenters. The smallest absolute Gasteiger partial charge is 0.305 e. The summed E-state index contributed by atoms with van der Waals surface area (Å²) in [5.41, 5.74) is 6.90. The molecule has 0 aliphatic carbocycles. The summed E-state index contributed by atoms with van der Waals surface area (Å²) >= 11 is 1.58. The van der Waals surface area contributed by atoms with Crippen LogP contribution < -0.4 is 10.6 Å². The van der Waals surface area contributed by atoms with E-state index in [0.29, 0.717) is 23.5 Å². The minimum atomic E-state index is -0.933. The van der Waals surface area contributed by atoms with Crippen molar-refractivity contribution in [1.29, 1.82) is 0 Å². The van der Waals surface area contributed by atoms with Crippen LogP contribution in [0, 0.1) is 0 Å². The van der Waals surface area contributed by atoms with Gasteiger partial charge < -0.3 is 15.7 Å². The van der Waals surface area contributed by atoms with E-state index in [-0.39, 0.29) is 18.9 Å². The van der Waals surface area contributed by atoms with Gasteiger partial charge in [0.05, 0.1) is 17.8 Å². The van der Waals surface area contributed by atoms with Crippen molar-refractivity contribution in [1.82, 2.24) is 0 Å². The number of hydrogen-bond acceptors (Lipinski definition) is 4. The lowest BCUT2D eigenvalue weighted by atomic mass is 10.2. The lowest BCUT2D eigenvalue weighted by molar-refractivity contribution is -0.136. The average Bonchev–Trinajstić information content (AvgIpc) is 2.38. The molecule has 0 heterocycles. The fourth-order valence-corrected chi connectivity index (χ4v) is 2.02. The highest BCUT2D eigenvalue weighted by atomic mass is 32.2. The highest BCUT2D eigenvalue weighted by Gasteiger charge is 2.18. The van der Waals surface area contributed by atoms with Gasteiger partial charge in [-0.15, -0.1) is 0 Å². The van der Waals surface area contributed by atoms with Crippen molar-refractivity contribution in [2.75, 3.05) is 29.2 Å². The third-order valence-corrected chi connectivity index (χ3v) is 3.21. The number of carbonyl (C=O) groups is 2. The molecule has 0 atom stereocenters. The number of aliphatic carboxylic acids is 1. The van der Waals surface area contributed by atoms with Gasteiger partial charge in [0.15, 0.2) is 0 Å². The van der Waals surface area contributed by atoms with E-state index < -0.39 is 5.97 Å². The Kier molecular flexibility index (Phi) is 6.21. The van der Waals surface area contributed by atoms with Crippen LogP contribution in [0.4, 0.5) is 11.4 Å². The maximum Gasteiger partial charge on any atom is 0.305 e. The number of carbonyl (C=O) groups excluding carboxylic acids is 1. The van der Waals surface area contributed by atoms with Crippen LogP contribution in [-0.4, -0.2) is 35.5 Å². The second kappa shape index (κ2) is 7.68. The van der Waals surface area contributed by atoms with Gasteiger partial charge in [0.1, 0.15) is 0 Å². The molecule has 0 aliphatic rings. The van der Waals surface area contributed by atoms with Gasteiger partial charge in [-0.05, 0) is 18.4 Å². The van der Waals surface area contributed by atoms with E-state index in [0.717, 1.165) is 0 Å². The number of benzene rings is 1. The van der Waals surface area contributed by atoms with Crippen LogP contribution in [0.1, 0.15) is 12.8 Å². The Bertz CT molecular complexity index is 451. The van der Waals surface area contributed by atoms with E-state index in [1.165, 1.54) is 4.90 Å². The Balaban J connectivity index is 2.88. The largest absolute Gasteiger partial charge is 0.481 e. The molecule has 5 nitrogen and oxygen atoms in total. The molecule has 104 valence electrons. The molecule has 0 aromatic heterocycles. The van der Waals surface area contributed by atoms with Crippen LogP contribution in [-0.2, 0) is 9.59 Å². The molecule has 0 saturated heterocycles. The van der Waals surface area contributed by atoms with Crippen LogP contribution in [0.2, 0.25) is 0 Å².